The Balaban J connectivity index is 2.50. The molecule has 1 amide bonds. The average molecular weight is 224 g/mol. The Hall–Kier alpha value is -1.54. The maximum Gasteiger partial charge on any atom is 0.317 e. The van der Waals surface area contributed by atoms with E-state index in [1.807, 2.05) is 0 Å². The highest BCUT2D eigenvalue weighted by Gasteiger charge is 2.28. The van der Waals surface area contributed by atoms with Gasteiger partial charge in [-0.1, -0.05) is 5.92 Å². The van der Waals surface area contributed by atoms with Gasteiger partial charge in [-0.2, -0.15) is 0 Å². The third-order valence-electron chi connectivity index (χ3n) is 2.48. The number of hydrogen-bond donors (Lipinski definition) is 2. The van der Waals surface area contributed by atoms with Crippen LogP contribution in [0.1, 0.15) is 19.8 Å². The van der Waals surface area contributed by atoms with Crippen molar-refractivity contribution < 1.29 is 14.7 Å². The van der Waals surface area contributed by atoms with Gasteiger partial charge in [0.15, 0.2) is 0 Å². The number of carbonyl (C=O) groups excluding carboxylic acids is 1. The molecule has 1 unspecified atom stereocenters. The van der Waals surface area contributed by atoms with Crippen molar-refractivity contribution in [2.75, 3.05) is 13.1 Å². The molecule has 0 aromatic carbocycles. The number of amides is 1. The van der Waals surface area contributed by atoms with Gasteiger partial charge in [0.2, 0.25) is 5.91 Å². The summed E-state index contributed by atoms with van der Waals surface area (Å²) in [5, 5.41) is 11.5. The summed E-state index contributed by atoms with van der Waals surface area (Å²) in [6, 6.07) is -0.236. The third kappa shape index (κ3) is 3.91. The molecule has 0 aliphatic heterocycles. The molecule has 0 aromatic rings. The summed E-state index contributed by atoms with van der Waals surface area (Å²) < 4.78 is 0. The van der Waals surface area contributed by atoms with E-state index >= 15 is 0 Å². The summed E-state index contributed by atoms with van der Waals surface area (Å²) in [5.74, 6) is 1.22. The van der Waals surface area contributed by atoms with Gasteiger partial charge in [0.1, 0.15) is 0 Å². The van der Waals surface area contributed by atoms with Crippen LogP contribution in [0.4, 0.5) is 0 Å². The topological polar surface area (TPSA) is 69.6 Å². The van der Waals surface area contributed by atoms with Gasteiger partial charge < -0.3 is 10.4 Å². The lowest BCUT2D eigenvalue weighted by Gasteiger charge is -2.24. The minimum Gasteiger partial charge on any atom is -0.480 e. The second-order valence-corrected chi connectivity index (χ2v) is 3.96. The number of rotatable bonds is 6. The maximum atomic E-state index is 11.7. The van der Waals surface area contributed by atoms with E-state index in [1.165, 1.54) is 4.90 Å². The van der Waals surface area contributed by atoms with E-state index < -0.39 is 12.0 Å². The van der Waals surface area contributed by atoms with E-state index in [2.05, 4.69) is 11.2 Å². The second kappa shape index (κ2) is 5.52. The summed E-state index contributed by atoms with van der Waals surface area (Å²) >= 11 is 0. The molecule has 1 fully saturated rings. The highest BCUT2D eigenvalue weighted by atomic mass is 16.4. The van der Waals surface area contributed by atoms with Crippen molar-refractivity contribution in [1.82, 2.24) is 10.2 Å². The Morgan fingerprint density at radius 3 is 2.69 bits per heavy atom. The van der Waals surface area contributed by atoms with Gasteiger partial charge in [0.05, 0.1) is 19.1 Å². The molecule has 0 radical (unpaired) electrons. The third-order valence-corrected chi connectivity index (χ3v) is 2.48. The molecule has 1 aliphatic rings. The van der Waals surface area contributed by atoms with Crippen LogP contribution in [0.5, 0.6) is 0 Å². The monoisotopic (exact) mass is 224 g/mol. The Labute approximate surface area is 94.8 Å². The van der Waals surface area contributed by atoms with Crippen molar-refractivity contribution in [3.63, 3.8) is 0 Å². The van der Waals surface area contributed by atoms with Crippen LogP contribution in [0, 0.1) is 12.3 Å². The highest BCUT2D eigenvalue weighted by molar-refractivity contribution is 5.82. The molecule has 0 saturated heterocycles. The predicted octanol–water partition coefficient (Wildman–Crippen LogP) is -0.327. The van der Waals surface area contributed by atoms with Gasteiger partial charge in [-0.25, -0.2) is 0 Å². The van der Waals surface area contributed by atoms with Crippen molar-refractivity contribution in [2.45, 2.75) is 31.8 Å². The molecule has 2 N–H and O–H groups in total. The van der Waals surface area contributed by atoms with E-state index in [1.54, 1.807) is 6.92 Å². The van der Waals surface area contributed by atoms with Crippen LogP contribution in [-0.2, 0) is 9.59 Å². The first-order valence-electron chi connectivity index (χ1n) is 5.24. The number of nitrogens with one attached hydrogen (secondary N) is 1. The number of nitrogens with zero attached hydrogens (tertiary/aromatic N) is 1. The van der Waals surface area contributed by atoms with Crippen molar-refractivity contribution in [3.05, 3.63) is 0 Å². The fourth-order valence-electron chi connectivity index (χ4n) is 1.34. The molecule has 1 rings (SSSR count). The first-order valence-corrected chi connectivity index (χ1v) is 5.24. The Morgan fingerprint density at radius 1 is 1.62 bits per heavy atom. The fraction of sp³-hybridized carbons (Fsp3) is 0.636. The van der Waals surface area contributed by atoms with Crippen LogP contribution in [0.25, 0.3) is 0 Å². The zero-order valence-corrected chi connectivity index (χ0v) is 9.27. The molecule has 16 heavy (non-hydrogen) atoms. The minimum absolute atomic E-state index is 0.154. The molecule has 0 spiro atoms. The lowest BCUT2D eigenvalue weighted by molar-refractivity contribution is -0.139. The number of hydrogen-bond acceptors (Lipinski definition) is 3. The van der Waals surface area contributed by atoms with E-state index in [0.717, 1.165) is 12.8 Å². The molecule has 0 aromatic heterocycles. The van der Waals surface area contributed by atoms with Crippen LogP contribution in [0.3, 0.4) is 0 Å². The largest absolute Gasteiger partial charge is 0.480 e. The molecule has 1 saturated carbocycles. The SMILES string of the molecule is C#CCN(CC(=O)O)C(C)C(=O)NC1CC1. The molecule has 88 valence electrons. The molecule has 0 heterocycles. The summed E-state index contributed by atoms with van der Waals surface area (Å²) in [7, 11) is 0. The molecule has 0 bridgehead atoms. The van der Waals surface area contributed by atoms with Crippen molar-refractivity contribution in [3.8, 4) is 12.3 Å². The number of carboxylic acid groups (broad SMARTS) is 1. The first kappa shape index (κ1) is 12.5. The molecule has 5 nitrogen and oxygen atoms in total. The van der Waals surface area contributed by atoms with Gasteiger partial charge in [-0.15, -0.1) is 6.42 Å². The predicted molar refractivity (Wildman–Crippen MR) is 58.7 cm³/mol. The Kier molecular flexibility index (Phi) is 4.32. The fourth-order valence-corrected chi connectivity index (χ4v) is 1.34. The van der Waals surface area contributed by atoms with Gasteiger partial charge in [0.25, 0.3) is 0 Å². The standard InChI is InChI=1S/C11H16N2O3/c1-3-6-13(7-10(14)15)8(2)11(16)12-9-4-5-9/h1,8-9H,4-7H2,2H3,(H,12,16)(H,14,15). The first-order chi connectivity index (χ1) is 7.54. The molecule has 5 heteroatoms. The van der Waals surface area contributed by atoms with Gasteiger partial charge in [-0.05, 0) is 19.8 Å². The van der Waals surface area contributed by atoms with Crippen LogP contribution < -0.4 is 5.32 Å². The van der Waals surface area contributed by atoms with Crippen molar-refractivity contribution in [2.24, 2.45) is 0 Å². The van der Waals surface area contributed by atoms with E-state index in [9.17, 15) is 9.59 Å². The Bertz CT molecular complexity index is 318. The zero-order valence-electron chi connectivity index (χ0n) is 9.27. The van der Waals surface area contributed by atoms with Crippen LogP contribution >= 0.6 is 0 Å². The van der Waals surface area contributed by atoms with Gasteiger partial charge >= 0.3 is 5.97 Å². The second-order valence-electron chi connectivity index (χ2n) is 3.96. The summed E-state index contributed by atoms with van der Waals surface area (Å²) in [6.45, 7) is 1.60. The van der Waals surface area contributed by atoms with E-state index in [0.29, 0.717) is 0 Å². The number of carboxylic acids is 1. The van der Waals surface area contributed by atoms with Gasteiger partial charge in [0, 0.05) is 6.04 Å². The van der Waals surface area contributed by atoms with Crippen LogP contribution in [0.2, 0.25) is 0 Å². The smallest absolute Gasteiger partial charge is 0.317 e. The normalized spacial score (nSPS) is 16.6. The van der Waals surface area contributed by atoms with Crippen molar-refractivity contribution in [1.29, 1.82) is 0 Å². The van der Waals surface area contributed by atoms with Crippen molar-refractivity contribution >= 4 is 11.9 Å². The summed E-state index contributed by atoms with van der Waals surface area (Å²) in [4.78, 5) is 23.7. The summed E-state index contributed by atoms with van der Waals surface area (Å²) in [6.07, 6.45) is 7.15. The quantitative estimate of drug-likeness (QED) is 0.606. The lowest BCUT2D eigenvalue weighted by Crippen LogP contribution is -2.47. The Morgan fingerprint density at radius 2 is 2.25 bits per heavy atom. The number of aliphatic carboxylic acids is 1. The highest BCUT2D eigenvalue weighted by Crippen LogP contribution is 2.19. The van der Waals surface area contributed by atoms with Crippen LogP contribution in [-0.4, -0.2) is 47.1 Å². The molecule has 1 aliphatic carbocycles. The zero-order chi connectivity index (χ0) is 12.1. The number of terminal acetylenes is 1. The van der Waals surface area contributed by atoms with E-state index in [4.69, 9.17) is 11.5 Å². The maximum absolute atomic E-state index is 11.7. The van der Waals surface area contributed by atoms with Crippen LogP contribution in [0.15, 0.2) is 0 Å². The average Bonchev–Trinajstić information content (AvgIpc) is 2.99. The summed E-state index contributed by atoms with van der Waals surface area (Å²) in [5.41, 5.74) is 0. The molecule has 1 atom stereocenters. The molecular formula is C11H16N2O3. The lowest BCUT2D eigenvalue weighted by atomic mass is 10.2. The van der Waals surface area contributed by atoms with Gasteiger partial charge in [-0.3, -0.25) is 14.5 Å². The minimum atomic E-state index is -0.985. The molecular weight excluding hydrogens is 208 g/mol. The van der Waals surface area contributed by atoms with E-state index in [-0.39, 0.29) is 25.0 Å². The number of carbonyl (C=O) groups is 2.